The molecular formula is C50H38Ag2B2F36N18. The van der Waals surface area contributed by atoms with Gasteiger partial charge in [-0.2, -0.15) is 158 Å². The fourth-order valence-electron chi connectivity index (χ4n) is 15.3. The van der Waals surface area contributed by atoms with Gasteiger partial charge in [-0.25, -0.2) is 30.6 Å². The number of nitrogens with zero attached hydrogens (tertiary/aromatic N) is 18. The van der Waals surface area contributed by atoms with E-state index in [9.17, 15) is 158 Å². The van der Waals surface area contributed by atoms with Crippen molar-refractivity contribution >= 4 is 14.2 Å². The average Bonchev–Trinajstić information content (AvgIpc) is 1.59. The summed E-state index contributed by atoms with van der Waals surface area (Å²) >= 11 is 0. The van der Waals surface area contributed by atoms with Gasteiger partial charge in [0.15, 0.2) is 34.2 Å². The Morgan fingerprint density at radius 3 is 0.500 bits per heavy atom. The molecule has 108 heavy (non-hydrogen) atoms. The zero-order chi connectivity index (χ0) is 79.8. The van der Waals surface area contributed by atoms with E-state index in [-0.39, 0.29) is 55.8 Å². The van der Waals surface area contributed by atoms with E-state index in [2.05, 4.69) is 51.6 Å². The zero-order valence-electron chi connectivity index (χ0n) is 52.1. The Labute approximate surface area is 607 Å². The van der Waals surface area contributed by atoms with Crippen molar-refractivity contribution in [2.24, 2.45) is 35.5 Å². The second-order valence-electron chi connectivity index (χ2n) is 26.0. The van der Waals surface area contributed by atoms with Gasteiger partial charge in [0.1, 0.15) is 34.2 Å². The second kappa shape index (κ2) is 29.1. The molecule has 0 saturated heterocycles. The predicted octanol–water partition coefficient (Wildman–Crippen LogP) is 18.3. The molecule has 6 heterocycles. The van der Waals surface area contributed by atoms with Gasteiger partial charge in [0, 0.05) is 0 Å². The second-order valence-corrected chi connectivity index (χ2v) is 26.0. The summed E-state index contributed by atoms with van der Waals surface area (Å²) in [6.07, 6.45) is -56.5. The number of azide groups is 2. The minimum absolute atomic E-state index is 0. The maximum absolute atomic E-state index is 13.6. The minimum Gasteiger partial charge on any atom is -0.392 e. The van der Waals surface area contributed by atoms with E-state index in [1.807, 2.05) is 0 Å². The SMILES string of the molecule is FC(F)(F)c1cc(C(F)(F)F)n([BH-](n2nc(C(F)(F)F)cc2C(F)(F)F)n2nc(C(F)(F)F)cc2C(F)(F)F)n1.FC(F)(F)c1cc(C(F)(F)F)n([BH-](n2nc(C(F)(F)F)cc2C(F)(F)F)n2nc(C(F)(F)F)cc2C(F)(F)F)n1.N#[N+][N-]C12CC3CC(CC(C3)C1)C2.N#[N+][N-]C12CC3CC(CC(C3)C1)C2.[Ag+].[Ag+]. The van der Waals surface area contributed by atoms with Crippen LogP contribution >= 0.6 is 0 Å². The molecule has 0 N–H and O–H groups in total. The smallest absolute Gasteiger partial charge is 0.392 e. The van der Waals surface area contributed by atoms with E-state index >= 15 is 0 Å². The van der Waals surface area contributed by atoms with Crippen LogP contribution < -0.4 is 0 Å². The van der Waals surface area contributed by atoms with E-state index in [0.29, 0.717) is 0 Å². The molecule has 18 nitrogen and oxygen atoms in total. The molecule has 6 aromatic heterocycles. The number of alkyl halides is 36. The molecule has 8 bridgehead atoms. The molecule has 6 aromatic rings. The van der Waals surface area contributed by atoms with E-state index < -0.39 is 221 Å². The van der Waals surface area contributed by atoms with Crippen molar-refractivity contribution in [1.82, 2.24) is 58.1 Å². The molecule has 14 rings (SSSR count). The molecule has 0 radical (unpaired) electrons. The Morgan fingerprint density at radius 2 is 0.398 bits per heavy atom. The van der Waals surface area contributed by atoms with Gasteiger partial charge < -0.3 is 27.6 Å². The normalized spacial score (nSPS) is 23.2. The van der Waals surface area contributed by atoms with Gasteiger partial charge in [0.25, 0.3) is 0 Å². The molecule has 8 saturated carbocycles. The summed E-state index contributed by atoms with van der Waals surface area (Å²) in [5.41, 5.74) is -24.4. The summed E-state index contributed by atoms with van der Waals surface area (Å²) in [7, 11) is -10.6. The maximum atomic E-state index is 13.6. The third-order valence-corrected chi connectivity index (χ3v) is 18.3. The fraction of sp³-hybridized carbons (Fsp3) is 0.640. The first-order valence-corrected chi connectivity index (χ1v) is 29.8. The van der Waals surface area contributed by atoms with Crippen molar-refractivity contribution in [3.63, 3.8) is 0 Å². The van der Waals surface area contributed by atoms with Gasteiger partial charge in [0.05, 0.1) is 21.2 Å². The van der Waals surface area contributed by atoms with Gasteiger partial charge in [-0.1, -0.05) is 10.9 Å². The summed E-state index contributed by atoms with van der Waals surface area (Å²) in [6.45, 7) is 0. The predicted molar refractivity (Wildman–Crippen MR) is 279 cm³/mol. The number of aromatic nitrogens is 12. The summed E-state index contributed by atoms with van der Waals surface area (Å²) in [5.74, 6) is 5.32. The Morgan fingerprint density at radius 1 is 0.269 bits per heavy atom. The molecular weight excluding hydrogens is 1770 g/mol. The van der Waals surface area contributed by atoms with Crippen LogP contribution in [0.5, 0.6) is 0 Å². The van der Waals surface area contributed by atoms with Crippen molar-refractivity contribution in [3.8, 4) is 0 Å². The topological polar surface area (TPSA) is 191 Å². The number of halogens is 36. The maximum Gasteiger partial charge on any atom is 1.00 e. The van der Waals surface area contributed by atoms with E-state index in [4.69, 9.17) is 10.8 Å². The van der Waals surface area contributed by atoms with Crippen molar-refractivity contribution in [3.05, 3.63) is 126 Å². The first-order valence-electron chi connectivity index (χ1n) is 29.8. The van der Waals surface area contributed by atoms with Crippen LogP contribution in [0.3, 0.4) is 0 Å². The van der Waals surface area contributed by atoms with Crippen molar-refractivity contribution in [1.29, 1.82) is 10.8 Å². The molecule has 8 aliphatic rings. The molecule has 0 spiro atoms. The van der Waals surface area contributed by atoms with E-state index in [0.717, 1.165) is 35.5 Å². The Balaban J connectivity index is 0.000000221. The number of rotatable bonds is 8. The van der Waals surface area contributed by atoms with E-state index in [1.54, 1.807) is 0 Å². The van der Waals surface area contributed by atoms with Gasteiger partial charge >= 0.3 is 133 Å². The van der Waals surface area contributed by atoms with Crippen LogP contribution in [0.25, 0.3) is 21.0 Å². The quantitative estimate of drug-likeness (QED) is 0.0622. The van der Waals surface area contributed by atoms with Gasteiger partial charge in [-0.3, -0.25) is 0 Å². The largest absolute Gasteiger partial charge is 1.00 e. The van der Waals surface area contributed by atoms with Crippen LogP contribution in [0.4, 0.5) is 158 Å². The molecule has 608 valence electrons. The summed E-state index contributed by atoms with van der Waals surface area (Å²) in [5, 5.41) is 37.0. The summed E-state index contributed by atoms with van der Waals surface area (Å²) in [6, 6.07) is -5.65. The van der Waals surface area contributed by atoms with Crippen LogP contribution in [-0.4, -0.2) is 83.5 Å². The summed E-state index contributed by atoms with van der Waals surface area (Å²) < 4.78 is 474. The van der Waals surface area contributed by atoms with Crippen LogP contribution in [-0.2, 0) is 119 Å². The Hall–Kier alpha value is -7.21. The van der Waals surface area contributed by atoms with E-state index in [1.165, 1.54) is 77.0 Å². The van der Waals surface area contributed by atoms with Crippen molar-refractivity contribution in [2.45, 2.75) is 162 Å². The van der Waals surface area contributed by atoms with Gasteiger partial charge in [-0.15, -0.1) is 10.8 Å². The summed E-state index contributed by atoms with van der Waals surface area (Å²) in [4.78, 5) is 0. The van der Waals surface area contributed by atoms with Crippen molar-refractivity contribution < 1.29 is 203 Å². The zero-order valence-corrected chi connectivity index (χ0v) is 55.1. The van der Waals surface area contributed by atoms with Gasteiger partial charge in [-0.05, 0) is 149 Å². The molecule has 0 atom stereocenters. The minimum atomic E-state index is -6.13. The molecule has 0 amide bonds. The van der Waals surface area contributed by atoms with Crippen molar-refractivity contribution in [2.75, 3.05) is 0 Å². The fourth-order valence-corrected chi connectivity index (χ4v) is 15.3. The van der Waals surface area contributed by atoms with Crippen LogP contribution in [0.2, 0.25) is 0 Å². The Bertz CT molecular complexity index is 3570. The first kappa shape index (κ1) is 88.0. The average molecular weight is 1810 g/mol. The number of hydrogen-bond acceptors (Lipinski definition) is 8. The first-order chi connectivity index (χ1) is 47.9. The number of diazo groups is 2. The number of hydrogen-bond donors (Lipinski definition) is 0. The van der Waals surface area contributed by atoms with Gasteiger partial charge in [0.2, 0.25) is 0 Å². The molecule has 8 fully saturated rings. The van der Waals surface area contributed by atoms with Crippen LogP contribution in [0, 0.1) is 46.3 Å². The standard InChI is InChI=1S/2C15H4BF18N6.2C10H15N3.2Ag/c2*17-10(18,19)4-1-7(13(26,27)28)38(35-4)16(39-8(14(29,30)31)2-5(36-39)11(20,21)22)40-9(15(32,33)34)3-6(37-40)12(23,24)25;2*11-13-12-10-4-7-1-8(5-10)3-9(2-7)6-10;;/h2*1-3,16H;2*7-9H,1-6H2;;/q2*-1;;;2*+1. The third-order valence-electron chi connectivity index (χ3n) is 18.3. The molecule has 0 unspecified atom stereocenters. The molecule has 0 aliphatic heterocycles. The third kappa shape index (κ3) is 19.0. The molecule has 58 heteroatoms. The van der Waals surface area contributed by atoms with Crippen LogP contribution in [0.15, 0.2) is 36.4 Å². The molecule has 0 aromatic carbocycles. The van der Waals surface area contributed by atoms with Crippen LogP contribution in [0.1, 0.15) is 145 Å². The monoisotopic (exact) mass is 1810 g/mol. The Kier molecular flexibility index (Phi) is 23.8. The molecule has 8 aliphatic carbocycles.